The summed E-state index contributed by atoms with van der Waals surface area (Å²) in [5, 5.41) is 2.32. The van der Waals surface area contributed by atoms with Gasteiger partial charge in [0.05, 0.1) is 0 Å². The first kappa shape index (κ1) is 13.3. The molecule has 94 valence electrons. The summed E-state index contributed by atoms with van der Waals surface area (Å²) in [6, 6.07) is 1.14. The van der Waals surface area contributed by atoms with Crippen LogP contribution >= 0.6 is 0 Å². The zero-order valence-electron chi connectivity index (χ0n) is 9.23. The summed E-state index contributed by atoms with van der Waals surface area (Å²) < 4.78 is 39.2. The van der Waals surface area contributed by atoms with E-state index in [0.29, 0.717) is 18.7 Å². The van der Waals surface area contributed by atoms with Crippen molar-refractivity contribution in [3.63, 3.8) is 0 Å². The predicted octanol–water partition coefficient (Wildman–Crippen LogP) is 1.75. The molecule has 1 rings (SSSR count). The van der Waals surface area contributed by atoms with Crippen LogP contribution in [0.1, 0.15) is 13.3 Å². The lowest BCUT2D eigenvalue weighted by atomic mass is 10.3. The van der Waals surface area contributed by atoms with Crippen molar-refractivity contribution in [1.29, 1.82) is 0 Å². The summed E-state index contributed by atoms with van der Waals surface area (Å²) >= 11 is 0. The van der Waals surface area contributed by atoms with Crippen molar-refractivity contribution >= 4 is 11.6 Å². The third-order valence-corrected chi connectivity index (χ3v) is 1.88. The molecular weight excluding hydrogens is 233 g/mol. The maximum Gasteiger partial charge on any atom is 0.210 e. The fraction of sp³-hybridized carbons (Fsp3) is 0.300. The molecule has 0 bridgehead atoms. The minimum absolute atomic E-state index is 0.0104. The van der Waals surface area contributed by atoms with Gasteiger partial charge in [0.25, 0.3) is 0 Å². The SMILES string of the molecule is CCCN=C(NN)Nc1c(F)cc(F)cc1F. The van der Waals surface area contributed by atoms with E-state index in [2.05, 4.69) is 15.7 Å². The number of halogens is 3. The molecule has 1 aromatic carbocycles. The molecule has 0 saturated heterocycles. The first-order valence-corrected chi connectivity index (χ1v) is 5.01. The Morgan fingerprint density at radius 3 is 2.35 bits per heavy atom. The Balaban J connectivity index is 2.94. The Kier molecular flexibility index (Phi) is 4.77. The van der Waals surface area contributed by atoms with E-state index >= 15 is 0 Å². The highest BCUT2D eigenvalue weighted by molar-refractivity contribution is 5.93. The van der Waals surface area contributed by atoms with E-state index in [1.54, 1.807) is 0 Å². The Hall–Kier alpha value is -1.76. The van der Waals surface area contributed by atoms with Crippen molar-refractivity contribution in [1.82, 2.24) is 5.43 Å². The number of anilines is 1. The van der Waals surface area contributed by atoms with Crippen molar-refractivity contribution in [2.24, 2.45) is 10.8 Å². The number of hydrogen-bond acceptors (Lipinski definition) is 2. The van der Waals surface area contributed by atoms with E-state index in [0.717, 1.165) is 6.42 Å². The van der Waals surface area contributed by atoms with Crippen LogP contribution in [0.25, 0.3) is 0 Å². The van der Waals surface area contributed by atoms with Crippen LogP contribution in [0.15, 0.2) is 17.1 Å². The van der Waals surface area contributed by atoms with Gasteiger partial charge in [0.2, 0.25) is 5.96 Å². The van der Waals surface area contributed by atoms with Gasteiger partial charge in [0.15, 0.2) is 11.6 Å². The minimum atomic E-state index is -1.05. The maximum absolute atomic E-state index is 13.3. The number of nitrogens with two attached hydrogens (primary N) is 1. The molecule has 0 aromatic heterocycles. The first-order valence-electron chi connectivity index (χ1n) is 5.01. The van der Waals surface area contributed by atoms with Crippen molar-refractivity contribution in [2.75, 3.05) is 11.9 Å². The van der Waals surface area contributed by atoms with Crippen LogP contribution in [0, 0.1) is 17.5 Å². The third-order valence-electron chi connectivity index (χ3n) is 1.88. The largest absolute Gasteiger partial charge is 0.320 e. The normalized spacial score (nSPS) is 11.5. The van der Waals surface area contributed by atoms with Gasteiger partial charge in [0.1, 0.15) is 11.5 Å². The molecule has 4 N–H and O–H groups in total. The lowest BCUT2D eigenvalue weighted by molar-refractivity contribution is 0.549. The second kappa shape index (κ2) is 6.09. The van der Waals surface area contributed by atoms with Gasteiger partial charge >= 0.3 is 0 Å². The molecule has 0 amide bonds. The maximum atomic E-state index is 13.3. The van der Waals surface area contributed by atoms with Crippen LogP contribution in [0.2, 0.25) is 0 Å². The lowest BCUT2D eigenvalue weighted by Crippen LogP contribution is -2.37. The van der Waals surface area contributed by atoms with E-state index < -0.39 is 23.1 Å². The molecule has 0 spiro atoms. The molecule has 0 unspecified atom stereocenters. The van der Waals surface area contributed by atoms with Gasteiger partial charge < -0.3 is 5.32 Å². The van der Waals surface area contributed by atoms with E-state index in [1.807, 2.05) is 6.92 Å². The average Bonchev–Trinajstić information content (AvgIpc) is 2.27. The second-order valence-electron chi connectivity index (χ2n) is 3.24. The summed E-state index contributed by atoms with van der Waals surface area (Å²) in [6.07, 6.45) is 0.751. The van der Waals surface area contributed by atoms with Gasteiger partial charge in [-0.3, -0.25) is 10.4 Å². The van der Waals surface area contributed by atoms with E-state index in [4.69, 9.17) is 5.84 Å². The number of nitrogens with one attached hydrogen (secondary N) is 2. The Bertz CT molecular complexity index is 397. The van der Waals surface area contributed by atoms with Gasteiger partial charge in [-0.2, -0.15) is 0 Å². The molecule has 0 heterocycles. The monoisotopic (exact) mass is 246 g/mol. The van der Waals surface area contributed by atoms with Crippen LogP contribution < -0.4 is 16.6 Å². The summed E-state index contributed by atoms with van der Waals surface area (Å²) in [5.41, 5.74) is 1.67. The number of aliphatic imine (C=N–C) groups is 1. The fourth-order valence-corrected chi connectivity index (χ4v) is 1.12. The standard InChI is InChI=1S/C10H13F3N4/c1-2-3-15-10(17-14)16-9-7(12)4-6(11)5-8(9)13/h4-5H,2-3,14H2,1H3,(H2,15,16,17). The zero-order chi connectivity index (χ0) is 12.8. The van der Waals surface area contributed by atoms with Gasteiger partial charge in [0, 0.05) is 18.7 Å². The lowest BCUT2D eigenvalue weighted by Gasteiger charge is -2.10. The third kappa shape index (κ3) is 3.63. The summed E-state index contributed by atoms with van der Waals surface area (Å²) in [4.78, 5) is 3.90. The van der Waals surface area contributed by atoms with Gasteiger partial charge in [-0.05, 0) is 6.42 Å². The molecule has 4 nitrogen and oxygen atoms in total. The Morgan fingerprint density at radius 2 is 1.88 bits per heavy atom. The number of hydrogen-bond donors (Lipinski definition) is 3. The molecule has 0 atom stereocenters. The molecule has 7 heteroatoms. The second-order valence-corrected chi connectivity index (χ2v) is 3.24. The Morgan fingerprint density at radius 1 is 1.29 bits per heavy atom. The van der Waals surface area contributed by atoms with Crippen LogP contribution in [0.3, 0.4) is 0 Å². The van der Waals surface area contributed by atoms with Crippen molar-refractivity contribution in [3.8, 4) is 0 Å². The molecule has 0 fully saturated rings. The Labute approximate surface area is 96.7 Å². The van der Waals surface area contributed by atoms with Gasteiger partial charge in [-0.1, -0.05) is 6.92 Å². The summed E-state index contributed by atoms with van der Waals surface area (Å²) in [7, 11) is 0. The highest BCUT2D eigenvalue weighted by atomic mass is 19.1. The summed E-state index contributed by atoms with van der Waals surface area (Å²) in [6.45, 7) is 2.33. The van der Waals surface area contributed by atoms with Crippen molar-refractivity contribution < 1.29 is 13.2 Å². The minimum Gasteiger partial charge on any atom is -0.320 e. The van der Waals surface area contributed by atoms with Crippen LogP contribution in [0.4, 0.5) is 18.9 Å². The molecule has 0 radical (unpaired) electrons. The molecule has 1 aromatic rings. The molecular formula is C10H13F3N4. The van der Waals surface area contributed by atoms with E-state index in [-0.39, 0.29) is 5.96 Å². The number of nitrogens with zero attached hydrogens (tertiary/aromatic N) is 1. The van der Waals surface area contributed by atoms with Crippen molar-refractivity contribution in [2.45, 2.75) is 13.3 Å². The molecule has 0 aliphatic heterocycles. The summed E-state index contributed by atoms with van der Waals surface area (Å²) in [5.74, 6) is 2.04. The van der Waals surface area contributed by atoms with Gasteiger partial charge in [-0.25, -0.2) is 19.0 Å². The van der Waals surface area contributed by atoms with E-state index in [1.165, 1.54) is 0 Å². The highest BCUT2D eigenvalue weighted by Crippen LogP contribution is 2.19. The molecule has 0 aliphatic carbocycles. The topological polar surface area (TPSA) is 62.4 Å². The predicted molar refractivity (Wildman–Crippen MR) is 59.9 cm³/mol. The molecule has 0 aliphatic rings. The van der Waals surface area contributed by atoms with Crippen LogP contribution in [-0.2, 0) is 0 Å². The molecule has 0 saturated carbocycles. The number of hydrazine groups is 1. The van der Waals surface area contributed by atoms with Gasteiger partial charge in [-0.15, -0.1) is 0 Å². The van der Waals surface area contributed by atoms with Crippen LogP contribution in [0.5, 0.6) is 0 Å². The van der Waals surface area contributed by atoms with Crippen LogP contribution in [-0.4, -0.2) is 12.5 Å². The number of guanidine groups is 1. The quantitative estimate of drug-likeness (QED) is 0.329. The first-order chi connectivity index (χ1) is 8.08. The number of rotatable bonds is 3. The smallest absolute Gasteiger partial charge is 0.210 e. The number of benzene rings is 1. The average molecular weight is 246 g/mol. The fourth-order valence-electron chi connectivity index (χ4n) is 1.12. The zero-order valence-corrected chi connectivity index (χ0v) is 9.23. The van der Waals surface area contributed by atoms with E-state index in [9.17, 15) is 13.2 Å². The van der Waals surface area contributed by atoms with Crippen molar-refractivity contribution in [3.05, 3.63) is 29.6 Å². The highest BCUT2D eigenvalue weighted by Gasteiger charge is 2.12. The molecule has 17 heavy (non-hydrogen) atoms.